The molecule has 8 heteroatoms. The van der Waals surface area contributed by atoms with Crippen molar-refractivity contribution in [2.24, 2.45) is 0 Å². The molecule has 0 bridgehead atoms. The highest BCUT2D eigenvalue weighted by atomic mass is 19.4. The molecule has 0 aromatic heterocycles. The fraction of sp³-hybridized carbons (Fsp3) is 0.462. The lowest BCUT2D eigenvalue weighted by Gasteiger charge is -2.22. The monoisotopic (exact) mass is 305 g/mol. The molecule has 0 atom stereocenters. The first-order valence-corrected chi connectivity index (χ1v) is 6.40. The van der Waals surface area contributed by atoms with Gasteiger partial charge in [0.2, 0.25) is 5.91 Å². The Bertz CT molecular complexity index is 529. The van der Waals surface area contributed by atoms with E-state index in [2.05, 4.69) is 5.32 Å². The average Bonchev–Trinajstić information content (AvgIpc) is 3.15. The summed E-state index contributed by atoms with van der Waals surface area (Å²) in [6.45, 7) is -1.54. The number of alkyl halides is 3. The highest BCUT2D eigenvalue weighted by Crippen LogP contribution is 2.30. The van der Waals surface area contributed by atoms with E-state index in [1.54, 1.807) is 0 Å². The van der Waals surface area contributed by atoms with Crippen LogP contribution in [-0.2, 0) is 4.79 Å². The number of nitrogen functional groups attached to an aromatic ring is 1. The number of nitrogens with zero attached hydrogens (tertiary/aromatic N) is 1. The molecule has 1 aliphatic rings. The number of carbonyl (C=O) groups is 1. The molecule has 1 fully saturated rings. The van der Waals surface area contributed by atoms with Crippen LogP contribution in [0.15, 0.2) is 18.2 Å². The number of carbonyl (C=O) groups excluding carboxylic acids is 1. The molecule has 0 radical (unpaired) electrons. The van der Waals surface area contributed by atoms with Crippen LogP contribution in [0.25, 0.3) is 0 Å². The second kappa shape index (κ2) is 5.88. The van der Waals surface area contributed by atoms with Gasteiger partial charge in [0.15, 0.2) is 0 Å². The Morgan fingerprint density at radius 3 is 2.62 bits per heavy atom. The molecule has 0 spiro atoms. The Morgan fingerprint density at radius 1 is 1.38 bits per heavy atom. The van der Waals surface area contributed by atoms with Crippen LogP contribution in [0.1, 0.15) is 12.8 Å². The maximum atomic E-state index is 13.1. The number of benzene rings is 1. The fourth-order valence-electron chi connectivity index (χ4n) is 2.00. The summed E-state index contributed by atoms with van der Waals surface area (Å²) in [5.41, 5.74) is 5.78. The molecule has 21 heavy (non-hydrogen) atoms. The second-order valence-electron chi connectivity index (χ2n) is 5.03. The summed E-state index contributed by atoms with van der Waals surface area (Å²) < 4.78 is 50.4. The van der Waals surface area contributed by atoms with Crippen molar-refractivity contribution in [2.45, 2.75) is 25.1 Å². The van der Waals surface area contributed by atoms with Crippen LogP contribution in [0.3, 0.4) is 0 Å². The maximum absolute atomic E-state index is 13.1. The van der Waals surface area contributed by atoms with Gasteiger partial charge >= 0.3 is 6.18 Å². The van der Waals surface area contributed by atoms with Gasteiger partial charge in [-0.25, -0.2) is 4.39 Å². The Balaban J connectivity index is 1.97. The Kier molecular flexibility index (Phi) is 4.36. The third kappa shape index (κ3) is 4.89. The third-order valence-corrected chi connectivity index (χ3v) is 3.08. The van der Waals surface area contributed by atoms with E-state index in [0.717, 1.165) is 17.0 Å². The molecule has 0 heterocycles. The molecule has 0 aliphatic heterocycles. The van der Waals surface area contributed by atoms with Crippen molar-refractivity contribution in [1.29, 1.82) is 0 Å². The van der Waals surface area contributed by atoms with Crippen LogP contribution in [0.2, 0.25) is 0 Å². The first-order valence-electron chi connectivity index (χ1n) is 6.40. The summed E-state index contributed by atoms with van der Waals surface area (Å²) in [4.78, 5) is 12.9. The molecule has 0 saturated heterocycles. The lowest BCUT2D eigenvalue weighted by molar-refractivity contribution is -0.149. The van der Waals surface area contributed by atoms with E-state index >= 15 is 0 Å². The van der Waals surface area contributed by atoms with E-state index in [-0.39, 0.29) is 17.4 Å². The van der Waals surface area contributed by atoms with Crippen LogP contribution >= 0.6 is 0 Å². The maximum Gasteiger partial charge on any atom is 0.401 e. The zero-order valence-electron chi connectivity index (χ0n) is 11.1. The van der Waals surface area contributed by atoms with Gasteiger partial charge in [0.1, 0.15) is 5.82 Å². The van der Waals surface area contributed by atoms with Gasteiger partial charge < -0.3 is 11.1 Å². The number of nitrogens with two attached hydrogens (primary N) is 1. The molecule has 1 aliphatic carbocycles. The lowest BCUT2D eigenvalue weighted by atomic mass is 10.2. The smallest absolute Gasteiger partial charge is 0.397 e. The topological polar surface area (TPSA) is 58.4 Å². The molecule has 1 aromatic rings. The van der Waals surface area contributed by atoms with E-state index in [4.69, 9.17) is 5.73 Å². The summed E-state index contributed by atoms with van der Waals surface area (Å²) in [6.07, 6.45) is -3.07. The van der Waals surface area contributed by atoms with Gasteiger partial charge in [-0.3, -0.25) is 9.69 Å². The van der Waals surface area contributed by atoms with Crippen molar-refractivity contribution in [2.75, 3.05) is 24.1 Å². The number of anilines is 2. The van der Waals surface area contributed by atoms with Gasteiger partial charge in [-0.1, -0.05) is 0 Å². The standard InChI is InChI=1S/C13H15F4N3O/c14-8-1-4-10(18)11(5-8)19-12(21)6-20(9-2-3-9)7-13(15,16)17/h1,4-5,9H,2-3,6-7,18H2,(H,19,21). The number of amides is 1. The molecule has 1 aromatic carbocycles. The minimum absolute atomic E-state index is 0.0581. The van der Waals surface area contributed by atoms with Crippen LogP contribution in [0.5, 0.6) is 0 Å². The van der Waals surface area contributed by atoms with Gasteiger partial charge in [-0.05, 0) is 31.0 Å². The zero-order chi connectivity index (χ0) is 15.6. The molecule has 2 rings (SSSR count). The van der Waals surface area contributed by atoms with Crippen molar-refractivity contribution in [1.82, 2.24) is 4.90 Å². The SMILES string of the molecule is Nc1ccc(F)cc1NC(=O)CN(CC(F)(F)F)C1CC1. The average molecular weight is 305 g/mol. The van der Waals surface area contributed by atoms with Crippen molar-refractivity contribution < 1.29 is 22.4 Å². The van der Waals surface area contributed by atoms with Crippen molar-refractivity contribution in [3.8, 4) is 0 Å². The number of nitrogens with one attached hydrogen (secondary N) is 1. The van der Waals surface area contributed by atoms with Gasteiger partial charge in [0, 0.05) is 6.04 Å². The van der Waals surface area contributed by atoms with E-state index in [1.807, 2.05) is 0 Å². The fourth-order valence-corrected chi connectivity index (χ4v) is 2.00. The quantitative estimate of drug-likeness (QED) is 0.648. The summed E-state index contributed by atoms with van der Waals surface area (Å²) in [7, 11) is 0. The van der Waals surface area contributed by atoms with E-state index < -0.39 is 31.0 Å². The summed E-state index contributed by atoms with van der Waals surface area (Å²) in [5.74, 6) is -1.24. The first-order chi connectivity index (χ1) is 9.74. The molecular weight excluding hydrogens is 290 g/mol. The van der Waals surface area contributed by atoms with Crippen molar-refractivity contribution in [3.05, 3.63) is 24.0 Å². The van der Waals surface area contributed by atoms with Gasteiger partial charge in [0.25, 0.3) is 0 Å². The predicted octanol–water partition coefficient (Wildman–Crippen LogP) is 2.37. The zero-order valence-corrected chi connectivity index (χ0v) is 11.1. The van der Waals surface area contributed by atoms with Crippen molar-refractivity contribution in [3.63, 3.8) is 0 Å². The number of halogens is 4. The number of hydrogen-bond donors (Lipinski definition) is 2. The molecule has 116 valence electrons. The van der Waals surface area contributed by atoms with Crippen LogP contribution in [0, 0.1) is 5.82 Å². The van der Waals surface area contributed by atoms with Crippen LogP contribution < -0.4 is 11.1 Å². The largest absolute Gasteiger partial charge is 0.401 e. The summed E-state index contributed by atoms with van der Waals surface area (Å²) in [6, 6.07) is 3.21. The van der Waals surface area contributed by atoms with Gasteiger partial charge in [-0.2, -0.15) is 13.2 Å². The molecule has 3 N–H and O–H groups in total. The summed E-state index contributed by atoms with van der Waals surface area (Å²) in [5, 5.41) is 2.34. The molecular formula is C13H15F4N3O. The van der Waals surface area contributed by atoms with E-state index in [9.17, 15) is 22.4 Å². The molecule has 0 unspecified atom stereocenters. The number of hydrogen-bond acceptors (Lipinski definition) is 3. The Hall–Kier alpha value is -1.83. The highest BCUT2D eigenvalue weighted by Gasteiger charge is 2.38. The van der Waals surface area contributed by atoms with Gasteiger partial charge in [-0.15, -0.1) is 0 Å². The third-order valence-electron chi connectivity index (χ3n) is 3.08. The van der Waals surface area contributed by atoms with Gasteiger partial charge in [0.05, 0.1) is 24.5 Å². The first kappa shape index (κ1) is 15.6. The molecule has 1 saturated carbocycles. The molecule has 1 amide bonds. The second-order valence-corrected chi connectivity index (χ2v) is 5.03. The predicted molar refractivity (Wildman–Crippen MR) is 70.1 cm³/mol. The van der Waals surface area contributed by atoms with Crippen LogP contribution in [0.4, 0.5) is 28.9 Å². The molecule has 4 nitrogen and oxygen atoms in total. The highest BCUT2D eigenvalue weighted by molar-refractivity contribution is 5.95. The Morgan fingerprint density at radius 2 is 2.05 bits per heavy atom. The minimum Gasteiger partial charge on any atom is -0.397 e. The number of rotatable bonds is 5. The van der Waals surface area contributed by atoms with Crippen molar-refractivity contribution >= 4 is 17.3 Å². The minimum atomic E-state index is -4.36. The normalized spacial score (nSPS) is 15.3. The van der Waals surface area contributed by atoms with E-state index in [1.165, 1.54) is 6.07 Å². The Labute approximate surface area is 118 Å². The van der Waals surface area contributed by atoms with Crippen LogP contribution in [-0.4, -0.2) is 36.1 Å². The summed E-state index contributed by atoms with van der Waals surface area (Å²) >= 11 is 0. The van der Waals surface area contributed by atoms with E-state index in [0.29, 0.717) is 12.8 Å². The lowest BCUT2D eigenvalue weighted by Crippen LogP contribution is -2.41.